The second-order valence-electron chi connectivity index (χ2n) is 8.16. The van der Waals surface area contributed by atoms with Crippen molar-refractivity contribution >= 4 is 18.0 Å². The topological polar surface area (TPSA) is 95.9 Å². The van der Waals surface area contributed by atoms with E-state index in [0.29, 0.717) is 19.3 Å². The SMILES string of the molecule is CC[C@H](NC(=O)OCC1c2ccccc2-c2ccccc21)C(=O)N(C)C1(C(=O)O)CC1. The molecule has 2 aliphatic carbocycles. The van der Waals surface area contributed by atoms with Crippen LogP contribution in [0.5, 0.6) is 0 Å². The van der Waals surface area contributed by atoms with Crippen LogP contribution in [0, 0.1) is 0 Å². The van der Waals surface area contributed by atoms with Crippen molar-refractivity contribution in [3.63, 3.8) is 0 Å². The second kappa shape index (κ2) is 8.06. The number of carbonyl (C=O) groups is 3. The number of fused-ring (bicyclic) bond motifs is 3. The smallest absolute Gasteiger partial charge is 0.407 e. The van der Waals surface area contributed by atoms with E-state index in [9.17, 15) is 19.5 Å². The molecular formula is C24H26N2O5. The lowest BCUT2D eigenvalue weighted by Crippen LogP contribution is -2.53. The highest BCUT2D eigenvalue weighted by atomic mass is 16.5. The maximum atomic E-state index is 12.8. The zero-order valence-electron chi connectivity index (χ0n) is 17.6. The molecule has 2 aromatic carbocycles. The summed E-state index contributed by atoms with van der Waals surface area (Å²) in [7, 11) is 1.48. The quantitative estimate of drug-likeness (QED) is 0.713. The molecule has 31 heavy (non-hydrogen) atoms. The number of benzene rings is 2. The highest BCUT2D eigenvalue weighted by Crippen LogP contribution is 2.44. The number of rotatable bonds is 7. The van der Waals surface area contributed by atoms with Crippen molar-refractivity contribution in [3.8, 4) is 11.1 Å². The Balaban J connectivity index is 1.41. The van der Waals surface area contributed by atoms with Crippen LogP contribution in [0.3, 0.4) is 0 Å². The first kappa shape index (κ1) is 20.9. The van der Waals surface area contributed by atoms with Gasteiger partial charge in [-0.1, -0.05) is 55.5 Å². The number of ether oxygens (including phenoxy) is 1. The normalized spacial score (nSPS) is 16.6. The van der Waals surface area contributed by atoms with Gasteiger partial charge in [-0.15, -0.1) is 0 Å². The van der Waals surface area contributed by atoms with Crippen LogP contribution in [0.15, 0.2) is 48.5 Å². The molecule has 0 spiro atoms. The highest BCUT2D eigenvalue weighted by molar-refractivity contribution is 5.93. The molecule has 7 nitrogen and oxygen atoms in total. The van der Waals surface area contributed by atoms with Crippen LogP contribution in [0.2, 0.25) is 0 Å². The van der Waals surface area contributed by atoms with E-state index in [0.717, 1.165) is 22.3 Å². The number of hydrogen-bond donors (Lipinski definition) is 2. The fourth-order valence-corrected chi connectivity index (χ4v) is 4.38. The van der Waals surface area contributed by atoms with Crippen LogP contribution in [0.25, 0.3) is 11.1 Å². The summed E-state index contributed by atoms with van der Waals surface area (Å²) in [5, 5.41) is 12.0. The standard InChI is InChI=1S/C24H26N2O5/c1-3-20(21(27)26(2)24(12-13-24)22(28)29)25-23(30)31-14-19-17-10-6-4-8-15(17)16-9-5-7-11-18(16)19/h4-11,19-20H,3,12-14H2,1-2H3,(H,25,30)(H,28,29)/t20-/m0/s1. The number of aliphatic carboxylic acids is 1. The summed E-state index contributed by atoms with van der Waals surface area (Å²) in [6, 6.07) is 15.3. The first-order valence-corrected chi connectivity index (χ1v) is 10.5. The number of alkyl carbamates (subject to hydrolysis) is 1. The zero-order valence-corrected chi connectivity index (χ0v) is 17.6. The molecule has 0 saturated heterocycles. The van der Waals surface area contributed by atoms with Gasteiger partial charge in [-0.05, 0) is 41.5 Å². The Morgan fingerprint density at radius 1 is 1.10 bits per heavy atom. The molecule has 1 atom stereocenters. The number of amides is 2. The number of carboxylic acids is 1. The third kappa shape index (κ3) is 3.65. The van der Waals surface area contributed by atoms with E-state index in [1.165, 1.54) is 11.9 Å². The zero-order chi connectivity index (χ0) is 22.2. The molecule has 0 bridgehead atoms. The molecule has 1 fully saturated rings. The van der Waals surface area contributed by atoms with Gasteiger partial charge in [0.2, 0.25) is 5.91 Å². The monoisotopic (exact) mass is 422 g/mol. The van der Waals surface area contributed by atoms with Crippen molar-refractivity contribution < 1.29 is 24.2 Å². The van der Waals surface area contributed by atoms with E-state index in [1.54, 1.807) is 6.92 Å². The van der Waals surface area contributed by atoms with Crippen molar-refractivity contribution in [1.82, 2.24) is 10.2 Å². The lowest BCUT2D eigenvalue weighted by molar-refractivity contribution is -0.151. The van der Waals surface area contributed by atoms with Gasteiger partial charge in [0.05, 0.1) is 0 Å². The Hall–Kier alpha value is -3.35. The molecule has 0 radical (unpaired) electrons. The molecule has 0 heterocycles. The second-order valence-corrected chi connectivity index (χ2v) is 8.16. The number of nitrogens with zero attached hydrogens (tertiary/aromatic N) is 1. The van der Waals surface area contributed by atoms with Gasteiger partial charge >= 0.3 is 12.1 Å². The molecule has 2 amide bonds. The highest BCUT2D eigenvalue weighted by Gasteiger charge is 2.56. The maximum Gasteiger partial charge on any atom is 0.407 e. The van der Waals surface area contributed by atoms with E-state index in [4.69, 9.17) is 4.74 Å². The minimum absolute atomic E-state index is 0.0710. The predicted octanol–water partition coefficient (Wildman–Crippen LogP) is 3.38. The molecule has 1 saturated carbocycles. The third-order valence-corrected chi connectivity index (χ3v) is 6.44. The first-order chi connectivity index (χ1) is 14.9. The Labute approximate surface area is 181 Å². The van der Waals surface area contributed by atoms with Crippen molar-refractivity contribution in [2.75, 3.05) is 13.7 Å². The van der Waals surface area contributed by atoms with Gasteiger partial charge in [0.25, 0.3) is 0 Å². The molecule has 4 rings (SSSR count). The average molecular weight is 422 g/mol. The third-order valence-electron chi connectivity index (χ3n) is 6.44. The van der Waals surface area contributed by atoms with E-state index in [1.807, 2.05) is 36.4 Å². The lowest BCUT2D eigenvalue weighted by atomic mass is 9.98. The summed E-state index contributed by atoms with van der Waals surface area (Å²) >= 11 is 0. The molecule has 2 N–H and O–H groups in total. The molecule has 0 aliphatic heterocycles. The summed E-state index contributed by atoms with van der Waals surface area (Å²) in [5.74, 6) is -1.51. The van der Waals surface area contributed by atoms with Crippen LogP contribution in [-0.2, 0) is 14.3 Å². The number of likely N-dealkylation sites (N-methyl/N-ethyl adjacent to an activating group) is 1. The summed E-state index contributed by atoms with van der Waals surface area (Å²) in [4.78, 5) is 38.0. The van der Waals surface area contributed by atoms with Crippen LogP contribution >= 0.6 is 0 Å². The fraction of sp³-hybridized carbons (Fsp3) is 0.375. The van der Waals surface area contributed by atoms with Gasteiger partial charge in [-0.3, -0.25) is 4.79 Å². The summed E-state index contributed by atoms with van der Waals surface area (Å²) in [5.41, 5.74) is 3.35. The van der Waals surface area contributed by atoms with E-state index >= 15 is 0 Å². The van der Waals surface area contributed by atoms with Crippen LogP contribution in [-0.4, -0.2) is 53.2 Å². The molecular weight excluding hydrogens is 396 g/mol. The Morgan fingerprint density at radius 3 is 2.13 bits per heavy atom. The van der Waals surface area contributed by atoms with E-state index < -0.39 is 29.6 Å². The van der Waals surface area contributed by atoms with Crippen LogP contribution in [0.1, 0.15) is 43.2 Å². The molecule has 2 aromatic rings. The van der Waals surface area contributed by atoms with Crippen molar-refractivity contribution in [3.05, 3.63) is 59.7 Å². The van der Waals surface area contributed by atoms with Gasteiger partial charge in [0.1, 0.15) is 18.2 Å². The Morgan fingerprint density at radius 2 is 1.65 bits per heavy atom. The fourth-order valence-electron chi connectivity index (χ4n) is 4.38. The maximum absolute atomic E-state index is 12.8. The Kier molecular flexibility index (Phi) is 5.43. The van der Waals surface area contributed by atoms with Gasteiger partial charge in [-0.25, -0.2) is 9.59 Å². The summed E-state index contributed by atoms with van der Waals surface area (Å²) in [6.45, 7) is 1.92. The van der Waals surface area contributed by atoms with Gasteiger partial charge in [0, 0.05) is 13.0 Å². The average Bonchev–Trinajstić information content (AvgIpc) is 3.54. The molecule has 162 valence electrons. The number of carbonyl (C=O) groups excluding carboxylic acids is 2. The summed E-state index contributed by atoms with van der Waals surface area (Å²) < 4.78 is 5.51. The summed E-state index contributed by atoms with van der Waals surface area (Å²) in [6.07, 6.45) is 0.497. The minimum Gasteiger partial charge on any atom is -0.479 e. The van der Waals surface area contributed by atoms with Crippen LogP contribution in [0.4, 0.5) is 4.79 Å². The van der Waals surface area contributed by atoms with Crippen LogP contribution < -0.4 is 5.32 Å². The number of hydrogen-bond acceptors (Lipinski definition) is 4. The first-order valence-electron chi connectivity index (χ1n) is 10.5. The van der Waals surface area contributed by atoms with E-state index in [2.05, 4.69) is 17.4 Å². The molecule has 7 heteroatoms. The molecule has 2 aliphatic rings. The van der Waals surface area contributed by atoms with Crippen molar-refractivity contribution in [2.45, 2.75) is 43.7 Å². The van der Waals surface area contributed by atoms with Crippen molar-refractivity contribution in [1.29, 1.82) is 0 Å². The van der Waals surface area contributed by atoms with Crippen molar-refractivity contribution in [2.24, 2.45) is 0 Å². The largest absolute Gasteiger partial charge is 0.479 e. The van der Waals surface area contributed by atoms with Gasteiger partial charge in [-0.2, -0.15) is 0 Å². The number of nitrogens with one attached hydrogen (secondary N) is 1. The Bertz CT molecular complexity index is 985. The molecule has 0 unspecified atom stereocenters. The van der Waals surface area contributed by atoms with E-state index in [-0.39, 0.29) is 12.5 Å². The predicted molar refractivity (Wildman–Crippen MR) is 115 cm³/mol. The number of carboxylic acid groups (broad SMARTS) is 1. The minimum atomic E-state index is -1.15. The lowest BCUT2D eigenvalue weighted by Gasteiger charge is -2.28. The van der Waals surface area contributed by atoms with Gasteiger partial charge < -0.3 is 20.1 Å². The van der Waals surface area contributed by atoms with Gasteiger partial charge in [0.15, 0.2) is 0 Å². The molecule has 0 aromatic heterocycles.